The quantitative estimate of drug-likeness (QED) is 0.913. The number of nitrogens with two attached hydrogens (primary N) is 1. The van der Waals surface area contributed by atoms with E-state index in [2.05, 4.69) is 0 Å². The van der Waals surface area contributed by atoms with Crippen LogP contribution < -0.4 is 10.5 Å². The van der Waals surface area contributed by atoms with E-state index < -0.39 is 0 Å². The van der Waals surface area contributed by atoms with E-state index >= 15 is 0 Å². The molecule has 0 aliphatic heterocycles. The van der Waals surface area contributed by atoms with Gasteiger partial charge in [0, 0.05) is 0 Å². The van der Waals surface area contributed by atoms with E-state index in [0.29, 0.717) is 11.8 Å². The van der Waals surface area contributed by atoms with Gasteiger partial charge in [-0.05, 0) is 68.3 Å². The van der Waals surface area contributed by atoms with Gasteiger partial charge in [0.05, 0.1) is 6.61 Å². The number of halogens is 2. The van der Waals surface area contributed by atoms with Gasteiger partial charge >= 0.3 is 0 Å². The van der Waals surface area contributed by atoms with E-state index in [0.717, 1.165) is 18.9 Å². The van der Waals surface area contributed by atoms with Crippen molar-refractivity contribution in [1.82, 2.24) is 0 Å². The molecule has 0 heterocycles. The Morgan fingerprint density at radius 3 is 2.17 bits per heavy atom. The van der Waals surface area contributed by atoms with Gasteiger partial charge in [-0.3, -0.25) is 0 Å². The highest BCUT2D eigenvalue weighted by Gasteiger charge is 2.20. The van der Waals surface area contributed by atoms with Crippen LogP contribution in [0.1, 0.15) is 25.7 Å². The monoisotopic (exact) mass is 273 g/mol. The molecule has 2 rings (SSSR count). The van der Waals surface area contributed by atoms with Crippen LogP contribution in [0.2, 0.25) is 0 Å². The van der Waals surface area contributed by atoms with Crippen molar-refractivity contribution in [3.05, 3.63) is 30.1 Å². The van der Waals surface area contributed by atoms with Gasteiger partial charge in [0.1, 0.15) is 11.6 Å². The van der Waals surface area contributed by atoms with Gasteiger partial charge in [0.15, 0.2) is 0 Å². The van der Waals surface area contributed by atoms with Crippen LogP contribution in [-0.4, -0.2) is 13.2 Å². The lowest BCUT2D eigenvalue weighted by molar-refractivity contribution is 0.184. The Bertz CT molecular complexity index is 336. The maximum Gasteiger partial charge on any atom is 0.123 e. The molecule has 4 heteroatoms. The van der Waals surface area contributed by atoms with Gasteiger partial charge in [-0.2, -0.15) is 0 Å². The molecule has 0 amide bonds. The van der Waals surface area contributed by atoms with Crippen LogP contribution in [0.15, 0.2) is 24.3 Å². The molecule has 102 valence electrons. The van der Waals surface area contributed by atoms with Gasteiger partial charge in [-0.1, -0.05) is 0 Å². The molecule has 1 fully saturated rings. The first-order chi connectivity index (χ1) is 8.28. The van der Waals surface area contributed by atoms with E-state index in [-0.39, 0.29) is 18.2 Å². The molecule has 0 unspecified atom stereocenters. The normalized spacial score (nSPS) is 23.2. The summed E-state index contributed by atoms with van der Waals surface area (Å²) in [6, 6.07) is 6.23. The fourth-order valence-corrected chi connectivity index (χ4v) is 2.38. The van der Waals surface area contributed by atoms with Crippen LogP contribution in [0, 0.1) is 17.7 Å². The maximum absolute atomic E-state index is 12.7. The molecule has 0 saturated heterocycles. The highest BCUT2D eigenvalue weighted by molar-refractivity contribution is 5.85. The molecule has 2 N–H and O–H groups in total. The third-order valence-electron chi connectivity index (χ3n) is 3.60. The minimum absolute atomic E-state index is 0. The molecule has 2 nitrogen and oxygen atoms in total. The zero-order valence-corrected chi connectivity index (χ0v) is 11.3. The van der Waals surface area contributed by atoms with Gasteiger partial charge in [-0.25, -0.2) is 4.39 Å². The molecule has 1 aromatic carbocycles. The van der Waals surface area contributed by atoms with Gasteiger partial charge in [0.2, 0.25) is 0 Å². The Hall–Kier alpha value is -0.800. The van der Waals surface area contributed by atoms with E-state index in [1.165, 1.54) is 37.8 Å². The van der Waals surface area contributed by atoms with Crippen LogP contribution in [-0.2, 0) is 0 Å². The molecule has 0 radical (unpaired) electrons. The van der Waals surface area contributed by atoms with Crippen LogP contribution in [0.3, 0.4) is 0 Å². The van der Waals surface area contributed by atoms with Crippen molar-refractivity contribution < 1.29 is 9.13 Å². The van der Waals surface area contributed by atoms with Crippen molar-refractivity contribution in [2.45, 2.75) is 25.7 Å². The molecular weight excluding hydrogens is 253 g/mol. The highest BCUT2D eigenvalue weighted by Crippen LogP contribution is 2.28. The predicted molar refractivity (Wildman–Crippen MR) is 73.6 cm³/mol. The van der Waals surface area contributed by atoms with E-state index in [1.54, 1.807) is 12.1 Å². The Morgan fingerprint density at radius 1 is 1.06 bits per heavy atom. The van der Waals surface area contributed by atoms with Crippen molar-refractivity contribution in [2.24, 2.45) is 17.6 Å². The van der Waals surface area contributed by atoms with Crippen LogP contribution in [0.25, 0.3) is 0 Å². The zero-order chi connectivity index (χ0) is 12.1. The van der Waals surface area contributed by atoms with E-state index in [1.807, 2.05) is 0 Å². The minimum atomic E-state index is -0.221. The fourth-order valence-electron chi connectivity index (χ4n) is 2.38. The molecule has 0 bridgehead atoms. The average molecular weight is 274 g/mol. The second kappa shape index (κ2) is 7.59. The topological polar surface area (TPSA) is 35.2 Å². The third kappa shape index (κ3) is 4.46. The first-order valence-electron chi connectivity index (χ1n) is 6.36. The summed E-state index contributed by atoms with van der Waals surface area (Å²) in [7, 11) is 0. The van der Waals surface area contributed by atoms with Crippen molar-refractivity contribution in [3.63, 3.8) is 0 Å². The SMILES string of the molecule is Cl.NC[C@H]1CC[C@@H](COc2ccc(F)cc2)CC1. The summed E-state index contributed by atoms with van der Waals surface area (Å²) in [5.74, 6) is 1.87. The summed E-state index contributed by atoms with van der Waals surface area (Å²) in [6.45, 7) is 1.55. The van der Waals surface area contributed by atoms with Gasteiger partial charge in [0.25, 0.3) is 0 Å². The van der Waals surface area contributed by atoms with Crippen LogP contribution in [0.5, 0.6) is 5.75 Å². The lowest BCUT2D eigenvalue weighted by atomic mass is 9.82. The molecule has 0 aromatic heterocycles. The van der Waals surface area contributed by atoms with Gasteiger partial charge < -0.3 is 10.5 Å². The van der Waals surface area contributed by atoms with Crippen LogP contribution >= 0.6 is 12.4 Å². The van der Waals surface area contributed by atoms with Crippen molar-refractivity contribution in [3.8, 4) is 5.75 Å². The first-order valence-corrected chi connectivity index (χ1v) is 6.36. The lowest BCUT2D eigenvalue weighted by Crippen LogP contribution is -2.24. The minimum Gasteiger partial charge on any atom is -0.493 e. The predicted octanol–water partition coefficient (Wildman–Crippen LogP) is 3.39. The fraction of sp³-hybridized carbons (Fsp3) is 0.571. The van der Waals surface area contributed by atoms with Crippen LogP contribution in [0.4, 0.5) is 4.39 Å². The molecule has 1 aromatic rings. The van der Waals surface area contributed by atoms with E-state index in [9.17, 15) is 4.39 Å². The molecule has 0 atom stereocenters. The molecule has 0 spiro atoms. The molecular formula is C14H21ClFNO. The molecule has 1 aliphatic carbocycles. The second-order valence-corrected chi connectivity index (χ2v) is 4.89. The largest absolute Gasteiger partial charge is 0.493 e. The maximum atomic E-state index is 12.7. The Kier molecular flexibility index (Phi) is 6.44. The number of hydrogen-bond acceptors (Lipinski definition) is 2. The third-order valence-corrected chi connectivity index (χ3v) is 3.60. The summed E-state index contributed by atoms with van der Waals surface area (Å²) >= 11 is 0. The summed E-state index contributed by atoms with van der Waals surface area (Å²) in [5.41, 5.74) is 5.66. The van der Waals surface area contributed by atoms with E-state index in [4.69, 9.17) is 10.5 Å². The second-order valence-electron chi connectivity index (χ2n) is 4.89. The van der Waals surface area contributed by atoms with Gasteiger partial charge in [-0.15, -0.1) is 12.4 Å². The Labute approximate surface area is 114 Å². The molecule has 1 saturated carbocycles. The number of hydrogen-bond donors (Lipinski definition) is 1. The zero-order valence-electron chi connectivity index (χ0n) is 10.5. The average Bonchev–Trinajstić information content (AvgIpc) is 2.39. The first kappa shape index (κ1) is 15.3. The summed E-state index contributed by atoms with van der Waals surface area (Å²) in [4.78, 5) is 0. The molecule has 18 heavy (non-hydrogen) atoms. The summed E-state index contributed by atoms with van der Waals surface area (Å²) in [6.07, 6.45) is 4.83. The Balaban J connectivity index is 0.00000162. The highest BCUT2D eigenvalue weighted by atomic mass is 35.5. The molecule has 1 aliphatic rings. The number of ether oxygens (including phenoxy) is 1. The van der Waals surface area contributed by atoms with Crippen molar-refractivity contribution in [1.29, 1.82) is 0 Å². The number of benzene rings is 1. The lowest BCUT2D eigenvalue weighted by Gasteiger charge is -2.27. The standard InChI is InChI=1S/C14H20FNO.ClH/c15-13-5-7-14(8-6-13)17-10-12-3-1-11(9-16)2-4-12;/h5-8,11-12H,1-4,9-10,16H2;1H/t11-,12+;. The summed E-state index contributed by atoms with van der Waals surface area (Å²) in [5, 5.41) is 0. The van der Waals surface area contributed by atoms with Crippen molar-refractivity contribution >= 4 is 12.4 Å². The Morgan fingerprint density at radius 2 is 1.61 bits per heavy atom. The summed E-state index contributed by atoms with van der Waals surface area (Å²) < 4.78 is 18.4. The number of rotatable bonds is 4. The van der Waals surface area contributed by atoms with Crippen molar-refractivity contribution in [2.75, 3.05) is 13.2 Å². The smallest absolute Gasteiger partial charge is 0.123 e.